The topological polar surface area (TPSA) is 29.1 Å². The standard InChI is InChI=1S/C8H11NOP/c1-2-9-11(10)8-6-4-3-5-7-8/h3-7H,2H2,1H3,(H,9,10)/q+1. The Kier molecular flexibility index (Phi) is 3.21. The van der Waals surface area contributed by atoms with Gasteiger partial charge in [-0.25, -0.2) is 0 Å². The minimum atomic E-state index is -1.38. The van der Waals surface area contributed by atoms with Gasteiger partial charge in [-0.1, -0.05) is 18.2 Å². The van der Waals surface area contributed by atoms with E-state index in [4.69, 9.17) is 0 Å². The molecule has 2 nitrogen and oxygen atoms in total. The summed E-state index contributed by atoms with van der Waals surface area (Å²) in [6.07, 6.45) is 0. The third kappa shape index (κ3) is 2.41. The van der Waals surface area contributed by atoms with Gasteiger partial charge < -0.3 is 0 Å². The lowest BCUT2D eigenvalue weighted by molar-refractivity contribution is 0.586. The normalized spacial score (nSPS) is 11.2. The maximum absolute atomic E-state index is 11.3. The summed E-state index contributed by atoms with van der Waals surface area (Å²) >= 11 is 0. The van der Waals surface area contributed by atoms with Crippen LogP contribution in [0.15, 0.2) is 30.3 Å². The molecule has 0 heterocycles. The molecule has 0 fully saturated rings. The summed E-state index contributed by atoms with van der Waals surface area (Å²) in [5.41, 5.74) is 0. The van der Waals surface area contributed by atoms with Crippen molar-refractivity contribution in [1.29, 1.82) is 0 Å². The quantitative estimate of drug-likeness (QED) is 0.695. The minimum Gasteiger partial charge on any atom is -0.105 e. The fourth-order valence-electron chi connectivity index (χ4n) is 0.798. The molecule has 0 saturated heterocycles. The molecule has 0 aromatic heterocycles. The zero-order valence-corrected chi connectivity index (χ0v) is 7.34. The van der Waals surface area contributed by atoms with Gasteiger partial charge in [0, 0.05) is 6.54 Å². The van der Waals surface area contributed by atoms with Gasteiger partial charge in [0.05, 0.1) is 0 Å². The van der Waals surface area contributed by atoms with Crippen LogP contribution in [0.3, 0.4) is 0 Å². The first-order valence-corrected chi connectivity index (χ1v) is 4.86. The van der Waals surface area contributed by atoms with E-state index in [0.29, 0.717) is 0 Å². The van der Waals surface area contributed by atoms with Crippen molar-refractivity contribution in [1.82, 2.24) is 5.09 Å². The Morgan fingerprint density at radius 3 is 2.55 bits per heavy atom. The Morgan fingerprint density at radius 2 is 2.00 bits per heavy atom. The molecule has 1 unspecified atom stereocenters. The van der Waals surface area contributed by atoms with Crippen LogP contribution in [0.5, 0.6) is 0 Å². The second-order valence-corrected chi connectivity index (χ2v) is 3.56. The highest BCUT2D eigenvalue weighted by atomic mass is 31.1. The third-order valence-electron chi connectivity index (χ3n) is 1.29. The molecule has 1 aromatic carbocycles. The van der Waals surface area contributed by atoms with E-state index in [1.165, 1.54) is 0 Å². The van der Waals surface area contributed by atoms with E-state index in [0.717, 1.165) is 11.8 Å². The van der Waals surface area contributed by atoms with E-state index in [1.54, 1.807) is 0 Å². The Balaban J connectivity index is 2.69. The molecule has 3 heteroatoms. The van der Waals surface area contributed by atoms with Crippen LogP contribution in [-0.2, 0) is 4.57 Å². The molecule has 11 heavy (non-hydrogen) atoms. The lowest BCUT2D eigenvalue weighted by atomic mass is 10.4. The number of hydrogen-bond acceptors (Lipinski definition) is 1. The number of hydrogen-bond donors (Lipinski definition) is 1. The molecular formula is C8H11NOP+. The highest BCUT2D eigenvalue weighted by Gasteiger charge is 2.16. The lowest BCUT2D eigenvalue weighted by Crippen LogP contribution is -2.09. The van der Waals surface area contributed by atoms with Gasteiger partial charge in [0.25, 0.3) is 0 Å². The maximum atomic E-state index is 11.3. The predicted molar refractivity (Wildman–Crippen MR) is 47.4 cm³/mol. The summed E-state index contributed by atoms with van der Waals surface area (Å²) in [5.74, 6) is 0. The highest BCUT2D eigenvalue weighted by Crippen LogP contribution is 2.11. The highest BCUT2D eigenvalue weighted by molar-refractivity contribution is 7.51. The largest absolute Gasteiger partial charge is 0.471 e. The van der Waals surface area contributed by atoms with Crippen LogP contribution in [0, 0.1) is 0 Å². The predicted octanol–water partition coefficient (Wildman–Crippen LogP) is 1.66. The van der Waals surface area contributed by atoms with Crippen molar-refractivity contribution in [2.24, 2.45) is 0 Å². The first-order valence-electron chi connectivity index (χ1n) is 3.60. The monoisotopic (exact) mass is 168 g/mol. The Hall–Kier alpha value is -0.720. The summed E-state index contributed by atoms with van der Waals surface area (Å²) in [6.45, 7) is 2.68. The average Bonchev–Trinajstić information content (AvgIpc) is 2.07. The van der Waals surface area contributed by atoms with Gasteiger partial charge in [-0.15, -0.1) is 5.09 Å². The van der Waals surface area contributed by atoms with Crippen molar-refractivity contribution in [2.45, 2.75) is 6.92 Å². The number of benzene rings is 1. The molecule has 0 amide bonds. The van der Waals surface area contributed by atoms with Crippen LogP contribution in [0.1, 0.15) is 6.92 Å². The van der Waals surface area contributed by atoms with Gasteiger partial charge in [-0.2, -0.15) is 0 Å². The zero-order valence-electron chi connectivity index (χ0n) is 6.45. The fraction of sp³-hybridized carbons (Fsp3) is 0.250. The van der Waals surface area contributed by atoms with E-state index < -0.39 is 7.95 Å². The zero-order chi connectivity index (χ0) is 8.10. The molecule has 1 atom stereocenters. The van der Waals surface area contributed by atoms with E-state index in [-0.39, 0.29) is 0 Å². The molecular weight excluding hydrogens is 157 g/mol. The number of nitrogens with one attached hydrogen (secondary N) is 1. The van der Waals surface area contributed by atoms with Gasteiger partial charge in [0.2, 0.25) is 5.30 Å². The van der Waals surface area contributed by atoms with Gasteiger partial charge in [-0.05, 0) is 23.6 Å². The van der Waals surface area contributed by atoms with E-state index in [1.807, 2.05) is 37.3 Å². The van der Waals surface area contributed by atoms with E-state index >= 15 is 0 Å². The van der Waals surface area contributed by atoms with Crippen LogP contribution < -0.4 is 10.4 Å². The summed E-state index contributed by atoms with van der Waals surface area (Å²) in [4.78, 5) is 0. The SMILES string of the molecule is CCN[P+](=O)c1ccccc1. The van der Waals surface area contributed by atoms with Crippen molar-refractivity contribution in [2.75, 3.05) is 6.54 Å². The first-order chi connectivity index (χ1) is 5.34. The Morgan fingerprint density at radius 1 is 1.36 bits per heavy atom. The third-order valence-corrected chi connectivity index (χ3v) is 2.66. The number of rotatable bonds is 3. The van der Waals surface area contributed by atoms with Crippen molar-refractivity contribution in [3.8, 4) is 0 Å². The first kappa shape index (κ1) is 8.38. The molecule has 0 aliphatic heterocycles. The molecule has 0 aliphatic rings. The maximum Gasteiger partial charge on any atom is 0.471 e. The molecule has 0 saturated carbocycles. The van der Waals surface area contributed by atoms with Gasteiger partial charge in [0.15, 0.2) is 0 Å². The van der Waals surface area contributed by atoms with Gasteiger partial charge in [-0.3, -0.25) is 0 Å². The van der Waals surface area contributed by atoms with Crippen LogP contribution in [-0.4, -0.2) is 6.54 Å². The summed E-state index contributed by atoms with van der Waals surface area (Å²) in [6, 6.07) is 9.42. The summed E-state index contributed by atoms with van der Waals surface area (Å²) in [5, 5.41) is 3.74. The van der Waals surface area contributed by atoms with Crippen molar-refractivity contribution < 1.29 is 4.57 Å². The Labute approximate surface area is 67.5 Å². The van der Waals surface area contributed by atoms with Crippen LogP contribution in [0.25, 0.3) is 0 Å². The van der Waals surface area contributed by atoms with Crippen LogP contribution >= 0.6 is 7.95 Å². The second kappa shape index (κ2) is 4.22. The summed E-state index contributed by atoms with van der Waals surface area (Å²) < 4.78 is 11.3. The van der Waals surface area contributed by atoms with E-state index in [2.05, 4.69) is 5.09 Å². The molecule has 58 valence electrons. The smallest absolute Gasteiger partial charge is 0.105 e. The van der Waals surface area contributed by atoms with Gasteiger partial charge >= 0.3 is 7.95 Å². The van der Waals surface area contributed by atoms with Crippen molar-refractivity contribution in [3.05, 3.63) is 30.3 Å². The van der Waals surface area contributed by atoms with E-state index in [9.17, 15) is 4.57 Å². The van der Waals surface area contributed by atoms with Gasteiger partial charge in [0.1, 0.15) is 0 Å². The average molecular weight is 168 g/mol. The molecule has 0 spiro atoms. The lowest BCUT2D eigenvalue weighted by Gasteiger charge is -1.85. The van der Waals surface area contributed by atoms with Crippen LogP contribution in [0.4, 0.5) is 0 Å². The molecule has 0 radical (unpaired) electrons. The fourth-order valence-corrected chi connectivity index (χ4v) is 1.71. The van der Waals surface area contributed by atoms with Crippen molar-refractivity contribution in [3.63, 3.8) is 0 Å². The molecule has 1 rings (SSSR count). The molecule has 1 N–H and O–H groups in total. The molecule has 0 bridgehead atoms. The molecule has 1 aromatic rings. The van der Waals surface area contributed by atoms with Crippen LogP contribution in [0.2, 0.25) is 0 Å². The molecule has 0 aliphatic carbocycles. The summed E-state index contributed by atoms with van der Waals surface area (Å²) in [7, 11) is -1.38. The minimum absolute atomic E-state index is 0.740. The second-order valence-electron chi connectivity index (χ2n) is 2.14. The van der Waals surface area contributed by atoms with Crippen molar-refractivity contribution >= 4 is 13.3 Å². The Bertz CT molecular complexity index is 235.